The number of fused-ring (bicyclic) bond motifs is 6. The molecule has 12 nitrogen and oxygen atoms in total. The van der Waals surface area contributed by atoms with Crippen LogP contribution in [-0.4, -0.2) is 61.3 Å². The number of phenolic OH excluding ortho intramolecular Hbond substituents is 12. The molecule has 0 fully saturated rings. The van der Waals surface area contributed by atoms with Crippen LogP contribution in [-0.2, 0) is 0 Å². The van der Waals surface area contributed by atoms with E-state index >= 15 is 0 Å². The molecule has 0 saturated carbocycles. The third-order valence-corrected chi connectivity index (χ3v) is 11.0. The predicted molar refractivity (Wildman–Crippen MR) is 284 cm³/mol. The van der Waals surface area contributed by atoms with Crippen LogP contribution >= 0.6 is 0 Å². The van der Waals surface area contributed by atoms with Gasteiger partial charge in [-0.1, -0.05) is 103 Å². The molecule has 0 unspecified atom stereocenters. The van der Waals surface area contributed by atoms with Gasteiger partial charge >= 0.3 is 0 Å². The molecular weight excluding hydrogens is 913 g/mol. The number of phenols is 12. The van der Waals surface area contributed by atoms with Gasteiger partial charge in [-0.05, 0) is 158 Å². The lowest BCUT2D eigenvalue weighted by atomic mass is 10.1. The molecule has 12 rings (SSSR count). The molecule has 12 heteroatoms. The monoisotopic (exact) mass is 960 g/mol. The van der Waals surface area contributed by atoms with Gasteiger partial charge in [-0.3, -0.25) is 0 Å². The zero-order valence-corrected chi connectivity index (χ0v) is 38.2. The van der Waals surface area contributed by atoms with Crippen molar-refractivity contribution < 1.29 is 61.3 Å². The van der Waals surface area contributed by atoms with Gasteiger partial charge < -0.3 is 61.3 Å². The van der Waals surface area contributed by atoms with Crippen molar-refractivity contribution in [1.82, 2.24) is 0 Å². The van der Waals surface area contributed by atoms with E-state index in [1.165, 1.54) is 12.1 Å². The maximum atomic E-state index is 9.38. The Bertz CT molecular complexity index is 3630. The summed E-state index contributed by atoms with van der Waals surface area (Å²) in [5, 5.41) is 121. The smallest absolute Gasteiger partial charge is 0.158 e. The first kappa shape index (κ1) is 49.7. The van der Waals surface area contributed by atoms with Gasteiger partial charge in [0.15, 0.2) is 11.5 Å². The fourth-order valence-corrected chi connectivity index (χ4v) is 7.42. The highest BCUT2D eigenvalue weighted by atomic mass is 16.3. The lowest BCUT2D eigenvalue weighted by molar-refractivity contribution is 0.405. The van der Waals surface area contributed by atoms with E-state index in [4.69, 9.17) is 40.9 Å². The van der Waals surface area contributed by atoms with Gasteiger partial charge in [-0.2, -0.15) is 0 Å². The molecule has 12 aromatic rings. The summed E-state index contributed by atoms with van der Waals surface area (Å²) in [7, 11) is 0. The Morgan fingerprint density at radius 2 is 0.472 bits per heavy atom. The van der Waals surface area contributed by atoms with Gasteiger partial charge in [-0.25, -0.2) is 0 Å². The summed E-state index contributed by atoms with van der Waals surface area (Å²) in [5.74, 6) is 1.99. The average Bonchev–Trinajstić information content (AvgIpc) is 3.37. The van der Waals surface area contributed by atoms with E-state index < -0.39 is 0 Å². The minimum Gasteiger partial charge on any atom is -0.508 e. The molecule has 0 bridgehead atoms. The first-order valence-electron chi connectivity index (χ1n) is 22.1. The summed E-state index contributed by atoms with van der Waals surface area (Å²) in [6.07, 6.45) is 0. The molecule has 0 aliphatic carbocycles. The van der Waals surface area contributed by atoms with Crippen molar-refractivity contribution in [3.05, 3.63) is 218 Å². The van der Waals surface area contributed by atoms with Crippen molar-refractivity contribution in [2.45, 2.75) is 0 Å². The van der Waals surface area contributed by atoms with Gasteiger partial charge in [0.25, 0.3) is 0 Å². The second kappa shape index (κ2) is 22.7. The van der Waals surface area contributed by atoms with Crippen molar-refractivity contribution in [1.29, 1.82) is 0 Å². The summed E-state index contributed by atoms with van der Waals surface area (Å²) < 4.78 is 0. The van der Waals surface area contributed by atoms with Gasteiger partial charge in [0.2, 0.25) is 0 Å². The van der Waals surface area contributed by atoms with E-state index in [1.807, 2.05) is 60.7 Å². The van der Waals surface area contributed by atoms with Crippen LogP contribution in [0.2, 0.25) is 0 Å². The van der Waals surface area contributed by atoms with Crippen LogP contribution in [0.15, 0.2) is 218 Å². The van der Waals surface area contributed by atoms with Gasteiger partial charge in [0, 0.05) is 21.5 Å². The Morgan fingerprint density at radius 3 is 0.958 bits per heavy atom. The Balaban J connectivity index is 0.000000127. The summed E-state index contributed by atoms with van der Waals surface area (Å²) in [6.45, 7) is 0. The van der Waals surface area contributed by atoms with Crippen molar-refractivity contribution >= 4 is 64.6 Å². The predicted octanol–water partition coefficient (Wildman–Crippen LogP) is 13.5. The zero-order chi connectivity index (χ0) is 51.3. The van der Waals surface area contributed by atoms with Gasteiger partial charge in [-0.15, -0.1) is 0 Å². The Hall–Kier alpha value is -10.2. The lowest BCUT2D eigenvalue weighted by Gasteiger charge is -2.01. The summed E-state index contributed by atoms with van der Waals surface area (Å²) in [6, 6.07) is 61.2. The van der Waals surface area contributed by atoms with Crippen LogP contribution in [0.4, 0.5) is 0 Å². The highest BCUT2D eigenvalue weighted by molar-refractivity contribution is 5.93. The summed E-state index contributed by atoms with van der Waals surface area (Å²) in [4.78, 5) is 0. The van der Waals surface area contributed by atoms with E-state index in [2.05, 4.69) is 0 Å². The van der Waals surface area contributed by atoms with Crippen molar-refractivity contribution in [2.75, 3.05) is 0 Å². The molecule has 72 heavy (non-hydrogen) atoms. The van der Waals surface area contributed by atoms with Crippen LogP contribution in [0.3, 0.4) is 0 Å². The molecule has 0 aliphatic heterocycles. The normalized spacial score (nSPS) is 10.3. The minimum atomic E-state index is -0.0753. The molecule has 0 spiro atoms. The molecule has 360 valence electrons. The topological polar surface area (TPSA) is 243 Å². The second-order valence-electron chi connectivity index (χ2n) is 16.1. The molecule has 0 aromatic heterocycles. The highest BCUT2D eigenvalue weighted by Crippen LogP contribution is 2.33. The molecule has 0 radical (unpaired) electrons. The largest absolute Gasteiger partial charge is 0.508 e. The average molecular weight is 961 g/mol. The van der Waals surface area contributed by atoms with Crippen molar-refractivity contribution in [3.8, 4) is 69.0 Å². The minimum absolute atomic E-state index is 0.0753. The number of hydrogen-bond donors (Lipinski definition) is 12. The van der Waals surface area contributed by atoms with Crippen molar-refractivity contribution in [3.63, 3.8) is 0 Å². The number of hydrogen-bond acceptors (Lipinski definition) is 12. The molecule has 0 atom stereocenters. The lowest BCUT2D eigenvalue weighted by Crippen LogP contribution is -1.73. The van der Waals surface area contributed by atoms with Crippen LogP contribution in [0.5, 0.6) is 69.0 Å². The van der Waals surface area contributed by atoms with Crippen molar-refractivity contribution in [2.24, 2.45) is 0 Å². The molecule has 0 amide bonds. The fourth-order valence-electron chi connectivity index (χ4n) is 7.42. The Kier molecular flexibility index (Phi) is 15.7. The molecule has 0 aliphatic rings. The third-order valence-electron chi connectivity index (χ3n) is 11.0. The molecule has 0 heterocycles. The second-order valence-corrected chi connectivity index (χ2v) is 16.1. The zero-order valence-electron chi connectivity index (χ0n) is 38.2. The van der Waals surface area contributed by atoms with Crippen LogP contribution in [0.1, 0.15) is 0 Å². The maximum absolute atomic E-state index is 9.38. The number of rotatable bonds is 0. The quantitative estimate of drug-likeness (QED) is 0.0502. The maximum Gasteiger partial charge on any atom is 0.158 e. The third kappa shape index (κ3) is 12.9. The van der Waals surface area contributed by atoms with E-state index in [0.717, 1.165) is 48.5 Å². The molecule has 12 N–H and O–H groups in total. The highest BCUT2D eigenvalue weighted by Gasteiger charge is 2.04. The van der Waals surface area contributed by atoms with E-state index in [-0.39, 0.29) is 69.0 Å². The van der Waals surface area contributed by atoms with Crippen LogP contribution in [0, 0.1) is 0 Å². The molecule has 0 saturated heterocycles. The Morgan fingerprint density at radius 1 is 0.153 bits per heavy atom. The van der Waals surface area contributed by atoms with E-state index in [0.29, 0.717) is 16.2 Å². The summed E-state index contributed by atoms with van der Waals surface area (Å²) >= 11 is 0. The van der Waals surface area contributed by atoms with Crippen LogP contribution < -0.4 is 0 Å². The standard InChI is InChI=1S/6C10H8O2/c11-9-3-1-7-5-10(12)4-2-8(7)6-9;11-9-3-1-7-2-4-10(12)6-8(7)5-9;11-8-4-5-9-7(6-8)2-1-3-10(9)12;11-8-5-4-7-2-1-3-10(12)9(7)6-8;11-9-5-7-3-1-2-4-8(7)6-10(9)12;11-9-5-6-10(12)8-4-2-1-3-7(8)9/h6*1-6,11-12H. The number of aromatic hydroxyl groups is 12. The van der Waals surface area contributed by atoms with E-state index in [1.54, 1.807) is 146 Å². The van der Waals surface area contributed by atoms with Gasteiger partial charge in [0.1, 0.15) is 57.5 Å². The van der Waals surface area contributed by atoms with Gasteiger partial charge in [0.05, 0.1) is 0 Å². The van der Waals surface area contributed by atoms with Crippen LogP contribution in [0.25, 0.3) is 64.6 Å². The van der Waals surface area contributed by atoms with E-state index in [9.17, 15) is 20.4 Å². The molecular formula is C60H48O12. The number of benzene rings is 12. The fraction of sp³-hybridized carbons (Fsp3) is 0. The first-order chi connectivity index (χ1) is 34.6. The summed E-state index contributed by atoms with van der Waals surface area (Å²) in [5.41, 5.74) is 0. The SMILES string of the molecule is Oc1cc2ccccc2cc1O.Oc1ccc(O)c2ccccc12.Oc1ccc2c(O)cccc2c1.Oc1ccc2cc(O)ccc2c1.Oc1ccc2ccc(O)cc2c1.Oc1ccc2cccc(O)c2c1. The molecule has 12 aromatic carbocycles. The first-order valence-corrected chi connectivity index (χ1v) is 22.1. The Labute approximate surface area is 411 Å².